The average molecular weight is 240 g/mol. The molecule has 84 valence electrons. The zero-order chi connectivity index (χ0) is 11.7. The van der Waals surface area contributed by atoms with Crippen LogP contribution < -0.4 is 5.32 Å². The lowest BCUT2D eigenvalue weighted by molar-refractivity contribution is 0.0680. The van der Waals surface area contributed by atoms with Gasteiger partial charge in [-0.1, -0.05) is 0 Å². The normalized spacial score (nSPS) is 10.4. The molecule has 2 aromatic rings. The summed E-state index contributed by atoms with van der Waals surface area (Å²) < 4.78 is 9.00. The first-order valence-corrected chi connectivity index (χ1v) is 5.12. The van der Waals surface area contributed by atoms with E-state index in [9.17, 15) is 4.79 Å². The van der Waals surface area contributed by atoms with Gasteiger partial charge in [0.25, 0.3) is 11.7 Å². The van der Waals surface area contributed by atoms with E-state index in [-0.39, 0.29) is 11.7 Å². The number of nitrogens with zero attached hydrogens (tertiary/aromatic N) is 3. The van der Waals surface area contributed by atoms with E-state index < -0.39 is 5.97 Å². The largest absolute Gasteiger partial charge is 0.475 e. The zero-order valence-corrected chi connectivity index (χ0v) is 9.33. The molecule has 0 aliphatic rings. The molecule has 0 aromatic carbocycles. The molecule has 2 aromatic heterocycles. The number of rotatable bonds is 3. The fourth-order valence-electron chi connectivity index (χ4n) is 1.20. The molecule has 2 rings (SSSR count). The number of aryl methyl sites for hydroxylation is 1. The summed E-state index contributed by atoms with van der Waals surface area (Å²) in [7, 11) is 1.74. The minimum absolute atomic E-state index is 0.160. The first-order chi connectivity index (χ1) is 7.63. The topological polar surface area (TPSA) is 101 Å². The Morgan fingerprint density at radius 1 is 1.56 bits per heavy atom. The van der Waals surface area contributed by atoms with Gasteiger partial charge in [0.1, 0.15) is 5.00 Å². The maximum absolute atomic E-state index is 10.6. The number of carbonyl (C=O) groups is 1. The van der Waals surface area contributed by atoms with E-state index in [4.69, 9.17) is 9.63 Å². The first kappa shape index (κ1) is 10.6. The predicted octanol–water partition coefficient (Wildman–Crippen LogP) is 1.24. The molecule has 0 atom stereocenters. The summed E-state index contributed by atoms with van der Waals surface area (Å²) in [4.78, 5) is 14.4. The van der Waals surface area contributed by atoms with Crippen LogP contribution >= 0.6 is 11.5 Å². The molecule has 0 fully saturated rings. The van der Waals surface area contributed by atoms with E-state index in [2.05, 4.69) is 19.8 Å². The molecule has 0 saturated carbocycles. The van der Waals surface area contributed by atoms with Gasteiger partial charge < -0.3 is 14.9 Å². The van der Waals surface area contributed by atoms with Crippen LogP contribution in [0.2, 0.25) is 0 Å². The van der Waals surface area contributed by atoms with Crippen molar-refractivity contribution < 1.29 is 14.4 Å². The van der Waals surface area contributed by atoms with Gasteiger partial charge in [0.05, 0.1) is 11.3 Å². The molecule has 0 saturated heterocycles. The molecule has 0 unspecified atom stereocenters. The van der Waals surface area contributed by atoms with Crippen molar-refractivity contribution in [1.82, 2.24) is 14.5 Å². The van der Waals surface area contributed by atoms with Gasteiger partial charge in [0.2, 0.25) is 0 Å². The Hall–Kier alpha value is -1.96. The number of aromatic nitrogens is 3. The van der Waals surface area contributed by atoms with E-state index >= 15 is 0 Å². The Morgan fingerprint density at radius 3 is 2.88 bits per heavy atom. The van der Waals surface area contributed by atoms with E-state index in [1.807, 2.05) is 0 Å². The van der Waals surface area contributed by atoms with Crippen LogP contribution in [0.5, 0.6) is 0 Å². The highest BCUT2D eigenvalue weighted by molar-refractivity contribution is 7.10. The lowest BCUT2D eigenvalue weighted by Gasteiger charge is -1.96. The van der Waals surface area contributed by atoms with Crippen molar-refractivity contribution in [2.24, 2.45) is 0 Å². The van der Waals surface area contributed by atoms with Crippen molar-refractivity contribution in [2.45, 2.75) is 6.92 Å². The fraction of sp³-hybridized carbons (Fsp3) is 0.250. The molecule has 0 aliphatic heterocycles. The molecular weight excluding hydrogens is 232 g/mol. The van der Waals surface area contributed by atoms with Gasteiger partial charge in [-0.25, -0.2) is 4.79 Å². The van der Waals surface area contributed by atoms with Crippen molar-refractivity contribution in [3.05, 3.63) is 11.5 Å². The van der Waals surface area contributed by atoms with Crippen LogP contribution in [0.25, 0.3) is 11.5 Å². The standard InChI is InChI=1S/C8H8N4O3S/c1-3-4(7(9-2)16-12-3)6-10-5(8(13)14)11-15-6/h9H,1-2H3,(H,13,14). The van der Waals surface area contributed by atoms with Gasteiger partial charge in [-0.3, -0.25) is 0 Å². The number of hydrogen-bond donors (Lipinski definition) is 2. The number of anilines is 1. The van der Waals surface area contributed by atoms with Crippen LogP contribution in [0.4, 0.5) is 5.00 Å². The Kier molecular flexibility index (Phi) is 2.57. The molecular formula is C8H8N4O3S. The SMILES string of the molecule is CNc1snc(C)c1-c1nc(C(=O)O)no1. The predicted molar refractivity (Wildman–Crippen MR) is 56.6 cm³/mol. The van der Waals surface area contributed by atoms with Gasteiger partial charge in [-0.2, -0.15) is 9.36 Å². The molecule has 7 nitrogen and oxygen atoms in total. The van der Waals surface area contributed by atoms with Crippen molar-refractivity contribution in [3.63, 3.8) is 0 Å². The Labute approximate surface area is 94.3 Å². The monoisotopic (exact) mass is 240 g/mol. The van der Waals surface area contributed by atoms with Gasteiger partial charge in [0.15, 0.2) is 0 Å². The van der Waals surface area contributed by atoms with Gasteiger partial charge in [-0.15, -0.1) is 0 Å². The second-order valence-electron chi connectivity index (χ2n) is 2.95. The van der Waals surface area contributed by atoms with E-state index in [0.717, 1.165) is 10.7 Å². The summed E-state index contributed by atoms with van der Waals surface area (Å²) in [6, 6.07) is 0. The van der Waals surface area contributed by atoms with Crippen LogP contribution in [-0.4, -0.2) is 32.6 Å². The van der Waals surface area contributed by atoms with E-state index in [0.29, 0.717) is 5.56 Å². The second kappa shape index (κ2) is 3.89. The van der Waals surface area contributed by atoms with Gasteiger partial charge in [0, 0.05) is 7.05 Å². The summed E-state index contributed by atoms with van der Waals surface area (Å²) in [5.74, 6) is -1.42. The number of carboxylic acid groups (broad SMARTS) is 1. The Morgan fingerprint density at radius 2 is 2.31 bits per heavy atom. The van der Waals surface area contributed by atoms with Crippen molar-refractivity contribution in [2.75, 3.05) is 12.4 Å². The van der Waals surface area contributed by atoms with Gasteiger partial charge in [-0.05, 0) is 23.6 Å². The number of carboxylic acids is 1. The van der Waals surface area contributed by atoms with Crippen LogP contribution in [0.1, 0.15) is 16.3 Å². The van der Waals surface area contributed by atoms with Crippen molar-refractivity contribution in [3.8, 4) is 11.5 Å². The van der Waals surface area contributed by atoms with Crippen LogP contribution in [-0.2, 0) is 0 Å². The Balaban J connectivity index is 2.49. The molecule has 2 N–H and O–H groups in total. The highest BCUT2D eigenvalue weighted by Crippen LogP contribution is 2.32. The van der Waals surface area contributed by atoms with Gasteiger partial charge >= 0.3 is 5.97 Å². The molecule has 0 radical (unpaired) electrons. The summed E-state index contributed by atoms with van der Waals surface area (Å²) in [5, 5.41) is 15.7. The molecule has 8 heteroatoms. The third-order valence-electron chi connectivity index (χ3n) is 1.92. The third kappa shape index (κ3) is 1.63. The second-order valence-corrected chi connectivity index (χ2v) is 3.72. The van der Waals surface area contributed by atoms with Crippen LogP contribution in [0.3, 0.4) is 0 Å². The minimum Gasteiger partial charge on any atom is -0.475 e. The number of hydrogen-bond acceptors (Lipinski definition) is 7. The molecule has 0 amide bonds. The zero-order valence-electron chi connectivity index (χ0n) is 8.51. The molecule has 16 heavy (non-hydrogen) atoms. The quantitative estimate of drug-likeness (QED) is 0.832. The van der Waals surface area contributed by atoms with Crippen LogP contribution in [0.15, 0.2) is 4.52 Å². The summed E-state index contributed by atoms with van der Waals surface area (Å²) in [6.07, 6.45) is 0. The molecule has 0 aliphatic carbocycles. The number of aromatic carboxylic acids is 1. The fourth-order valence-corrected chi connectivity index (χ4v) is 1.94. The highest BCUT2D eigenvalue weighted by Gasteiger charge is 2.20. The average Bonchev–Trinajstić information content (AvgIpc) is 2.83. The first-order valence-electron chi connectivity index (χ1n) is 4.35. The van der Waals surface area contributed by atoms with Crippen molar-refractivity contribution in [1.29, 1.82) is 0 Å². The summed E-state index contributed by atoms with van der Waals surface area (Å²) in [5.41, 5.74) is 1.36. The highest BCUT2D eigenvalue weighted by atomic mass is 32.1. The molecule has 2 heterocycles. The summed E-state index contributed by atoms with van der Waals surface area (Å²) >= 11 is 1.25. The van der Waals surface area contributed by atoms with Crippen molar-refractivity contribution >= 4 is 22.5 Å². The third-order valence-corrected chi connectivity index (χ3v) is 2.88. The Bertz CT molecular complexity index is 533. The molecule has 0 bridgehead atoms. The lowest BCUT2D eigenvalue weighted by atomic mass is 10.2. The lowest BCUT2D eigenvalue weighted by Crippen LogP contribution is -1.98. The maximum atomic E-state index is 10.6. The smallest absolute Gasteiger partial charge is 0.377 e. The summed E-state index contributed by atoms with van der Waals surface area (Å²) in [6.45, 7) is 1.79. The van der Waals surface area contributed by atoms with Crippen LogP contribution in [0, 0.1) is 6.92 Å². The van der Waals surface area contributed by atoms with E-state index in [1.54, 1.807) is 14.0 Å². The minimum atomic E-state index is -1.22. The number of nitrogens with one attached hydrogen (secondary N) is 1. The maximum Gasteiger partial charge on any atom is 0.377 e. The van der Waals surface area contributed by atoms with E-state index in [1.165, 1.54) is 11.5 Å². The molecule has 0 spiro atoms.